The Kier molecular flexibility index (Phi) is 6.07. The van der Waals surface area contributed by atoms with Crippen LogP contribution in [0.2, 0.25) is 0 Å². The van der Waals surface area contributed by atoms with Crippen LogP contribution in [0.3, 0.4) is 0 Å². The van der Waals surface area contributed by atoms with E-state index in [1.54, 1.807) is 18.2 Å². The number of aliphatic hydroxyl groups is 1. The van der Waals surface area contributed by atoms with Crippen molar-refractivity contribution in [1.82, 2.24) is 4.72 Å². The van der Waals surface area contributed by atoms with Gasteiger partial charge in [0.1, 0.15) is 11.5 Å². The zero-order valence-corrected chi connectivity index (χ0v) is 16.9. The summed E-state index contributed by atoms with van der Waals surface area (Å²) in [4.78, 5) is 12.6. The lowest BCUT2D eigenvalue weighted by Gasteiger charge is -2.25. The minimum Gasteiger partial charge on any atom is -0.501 e. The fraction of sp³-hybridized carbons (Fsp3) is 0.438. The van der Waals surface area contributed by atoms with Crippen LogP contribution in [-0.2, 0) is 25.2 Å². The highest BCUT2D eigenvalue weighted by Crippen LogP contribution is 2.42. The number of hydrogen-bond donors (Lipinski definition) is 2. The third kappa shape index (κ3) is 3.90. The van der Waals surface area contributed by atoms with Crippen molar-refractivity contribution in [2.75, 3.05) is 25.3 Å². The van der Waals surface area contributed by atoms with Crippen molar-refractivity contribution < 1.29 is 32.5 Å². The Bertz CT molecular complexity index is 837. The molecule has 2 rings (SSSR count). The number of alkyl halides is 1. The van der Waals surface area contributed by atoms with Crippen molar-refractivity contribution >= 4 is 31.7 Å². The number of ether oxygens (including phenoxy) is 3. The average Bonchev–Trinajstić information content (AvgIpc) is 2.83. The van der Waals surface area contributed by atoms with E-state index in [9.17, 15) is 18.3 Å². The first-order valence-corrected chi connectivity index (χ1v) is 10.4. The molecule has 8 nitrogen and oxygen atoms in total. The molecule has 0 aromatic heterocycles. The maximum atomic E-state index is 12.6. The summed E-state index contributed by atoms with van der Waals surface area (Å²) >= 11 is 3.15. The first-order chi connectivity index (χ1) is 12.2. The van der Waals surface area contributed by atoms with Crippen LogP contribution in [0.1, 0.15) is 18.9 Å². The number of rotatable bonds is 8. The van der Waals surface area contributed by atoms with Gasteiger partial charge in [0.25, 0.3) is 5.78 Å². The Hall–Kier alpha value is -1.94. The number of aliphatic hydroxyl groups excluding tert-OH is 1. The maximum Gasteiger partial charge on any atom is 0.250 e. The second-order valence-corrected chi connectivity index (χ2v) is 8.31. The summed E-state index contributed by atoms with van der Waals surface area (Å²) in [6, 6.07) is 4.73. The van der Waals surface area contributed by atoms with Gasteiger partial charge in [-0.1, -0.05) is 15.9 Å². The van der Waals surface area contributed by atoms with Gasteiger partial charge >= 0.3 is 0 Å². The van der Waals surface area contributed by atoms with E-state index in [1.807, 2.05) is 0 Å². The van der Waals surface area contributed by atoms with E-state index in [1.165, 1.54) is 21.1 Å². The van der Waals surface area contributed by atoms with E-state index < -0.39 is 33.0 Å². The Morgan fingerprint density at radius 3 is 2.58 bits per heavy atom. The summed E-state index contributed by atoms with van der Waals surface area (Å²) in [7, 11) is -0.867. The molecule has 1 atom stereocenters. The molecule has 0 amide bonds. The van der Waals surface area contributed by atoms with Gasteiger partial charge in [-0.25, -0.2) is 8.42 Å². The van der Waals surface area contributed by atoms with Gasteiger partial charge in [0.05, 0.1) is 20.0 Å². The zero-order chi connectivity index (χ0) is 19.5. The molecule has 2 N–H and O–H groups in total. The van der Waals surface area contributed by atoms with Crippen LogP contribution in [0.25, 0.3) is 0 Å². The Labute approximate surface area is 160 Å². The third-order valence-corrected chi connectivity index (χ3v) is 5.77. The number of ketones is 1. The fourth-order valence-electron chi connectivity index (χ4n) is 2.50. The lowest BCUT2D eigenvalue weighted by atomic mass is 9.90. The minimum absolute atomic E-state index is 0.185. The average molecular weight is 450 g/mol. The summed E-state index contributed by atoms with van der Waals surface area (Å²) < 4.78 is 42.2. The second kappa shape index (κ2) is 7.75. The molecule has 1 aliphatic heterocycles. The standard InChI is InChI=1S/C16H20BrNO7S/c1-16(11-6-5-10(23-2)9-12(11)24-3)14(20)13(19)15(25-16)18-26(21,22)8-4-7-17/h5-6,9,18-19H,4,7-8H2,1-3H3. The van der Waals surface area contributed by atoms with Crippen LogP contribution in [0.4, 0.5) is 0 Å². The number of benzene rings is 1. The SMILES string of the molecule is COc1ccc(C2(C)OC(NS(=O)(=O)CCCBr)=C(O)C2=O)c(OC)c1. The molecule has 0 spiro atoms. The van der Waals surface area contributed by atoms with Gasteiger partial charge in [-0.05, 0) is 25.5 Å². The summed E-state index contributed by atoms with van der Waals surface area (Å²) in [5.41, 5.74) is -1.32. The van der Waals surface area contributed by atoms with Gasteiger partial charge in [0.15, 0.2) is 0 Å². The topological polar surface area (TPSA) is 111 Å². The predicted octanol–water partition coefficient (Wildman–Crippen LogP) is 1.95. The quantitative estimate of drug-likeness (QED) is 0.583. The van der Waals surface area contributed by atoms with Crippen molar-refractivity contribution in [1.29, 1.82) is 0 Å². The normalized spacial score (nSPS) is 20.1. The van der Waals surface area contributed by atoms with E-state index in [0.29, 0.717) is 28.8 Å². The van der Waals surface area contributed by atoms with Gasteiger partial charge in [-0.2, -0.15) is 0 Å². The molecule has 1 heterocycles. The molecule has 10 heteroatoms. The molecule has 1 unspecified atom stereocenters. The number of hydrogen-bond acceptors (Lipinski definition) is 7. The van der Waals surface area contributed by atoms with E-state index in [4.69, 9.17) is 14.2 Å². The molecular formula is C16H20BrNO7S. The lowest BCUT2D eigenvalue weighted by Crippen LogP contribution is -2.33. The number of nitrogens with one attached hydrogen (secondary N) is 1. The van der Waals surface area contributed by atoms with Gasteiger partial charge in [0, 0.05) is 17.0 Å². The number of carbonyl (C=O) groups excluding carboxylic acids is 1. The molecule has 0 fully saturated rings. The fourth-order valence-corrected chi connectivity index (χ4v) is 4.20. The van der Waals surface area contributed by atoms with Crippen molar-refractivity contribution in [3.8, 4) is 11.5 Å². The highest BCUT2D eigenvalue weighted by molar-refractivity contribution is 9.09. The van der Waals surface area contributed by atoms with Gasteiger partial charge in [0.2, 0.25) is 27.3 Å². The van der Waals surface area contributed by atoms with Crippen molar-refractivity contribution in [3.05, 3.63) is 35.4 Å². The summed E-state index contributed by atoms with van der Waals surface area (Å²) in [5.74, 6) is -1.43. The van der Waals surface area contributed by atoms with E-state index in [2.05, 4.69) is 20.7 Å². The number of Topliss-reactive ketones (excluding diaryl/α,β-unsaturated/α-hetero) is 1. The second-order valence-electron chi connectivity index (χ2n) is 5.67. The number of methoxy groups -OCH3 is 2. The van der Waals surface area contributed by atoms with E-state index in [-0.39, 0.29) is 5.75 Å². The van der Waals surface area contributed by atoms with Gasteiger partial charge in [-0.15, -0.1) is 0 Å². The first-order valence-electron chi connectivity index (χ1n) is 7.64. The summed E-state index contributed by atoms with van der Waals surface area (Å²) in [6.07, 6.45) is 0.362. The number of sulfonamides is 1. The Morgan fingerprint density at radius 1 is 1.31 bits per heavy atom. The van der Waals surface area contributed by atoms with Crippen molar-refractivity contribution in [2.24, 2.45) is 0 Å². The van der Waals surface area contributed by atoms with E-state index in [0.717, 1.165) is 0 Å². The Balaban J connectivity index is 2.35. The Morgan fingerprint density at radius 2 is 2.00 bits per heavy atom. The van der Waals surface area contributed by atoms with E-state index >= 15 is 0 Å². The van der Waals surface area contributed by atoms with Crippen molar-refractivity contribution in [3.63, 3.8) is 0 Å². The molecule has 0 radical (unpaired) electrons. The summed E-state index contributed by atoms with van der Waals surface area (Å²) in [6.45, 7) is 1.43. The summed E-state index contributed by atoms with van der Waals surface area (Å²) in [5, 5.41) is 10.6. The van der Waals surface area contributed by atoms with Gasteiger partial charge in [-0.3, -0.25) is 9.52 Å². The number of carbonyl (C=O) groups is 1. The molecule has 1 aromatic carbocycles. The van der Waals surface area contributed by atoms with Crippen LogP contribution in [-0.4, -0.2) is 44.6 Å². The van der Waals surface area contributed by atoms with Crippen molar-refractivity contribution in [2.45, 2.75) is 18.9 Å². The third-order valence-electron chi connectivity index (χ3n) is 3.89. The first kappa shape index (κ1) is 20.4. The van der Waals surface area contributed by atoms with Crippen LogP contribution in [0.15, 0.2) is 29.8 Å². The smallest absolute Gasteiger partial charge is 0.250 e. The molecule has 26 heavy (non-hydrogen) atoms. The predicted molar refractivity (Wildman–Crippen MR) is 98.0 cm³/mol. The molecular weight excluding hydrogens is 430 g/mol. The molecule has 0 saturated heterocycles. The van der Waals surface area contributed by atoms with Crippen LogP contribution in [0.5, 0.6) is 11.5 Å². The molecule has 0 saturated carbocycles. The van der Waals surface area contributed by atoms with Gasteiger partial charge < -0.3 is 19.3 Å². The van der Waals surface area contributed by atoms with Crippen LogP contribution < -0.4 is 14.2 Å². The van der Waals surface area contributed by atoms with Crippen LogP contribution >= 0.6 is 15.9 Å². The highest BCUT2D eigenvalue weighted by Gasteiger charge is 2.50. The molecule has 0 aliphatic carbocycles. The maximum absolute atomic E-state index is 12.6. The van der Waals surface area contributed by atoms with Crippen LogP contribution in [0, 0.1) is 0 Å². The molecule has 144 valence electrons. The monoisotopic (exact) mass is 449 g/mol. The lowest BCUT2D eigenvalue weighted by molar-refractivity contribution is -0.131. The zero-order valence-electron chi connectivity index (χ0n) is 14.5. The molecule has 1 aliphatic rings. The largest absolute Gasteiger partial charge is 0.501 e. The number of halogens is 1. The molecule has 1 aromatic rings. The molecule has 0 bridgehead atoms. The highest BCUT2D eigenvalue weighted by atomic mass is 79.9. The minimum atomic E-state index is -3.77.